The van der Waals surface area contributed by atoms with Gasteiger partial charge in [-0.05, 0) is 30.2 Å². The molecule has 2 aromatic rings. The average molecular weight is 351 g/mol. The number of benzene rings is 1. The van der Waals surface area contributed by atoms with E-state index in [-0.39, 0.29) is 5.82 Å². The first-order valence-electron chi connectivity index (χ1n) is 7.60. The van der Waals surface area contributed by atoms with Crippen LogP contribution < -0.4 is 15.4 Å². The number of halogens is 2. The first-order chi connectivity index (χ1) is 11.7. The molecule has 0 radical (unpaired) electrons. The predicted octanol–water partition coefficient (Wildman–Crippen LogP) is 2.66. The Hall–Kier alpha value is -2.34. The van der Waals surface area contributed by atoms with E-state index in [9.17, 15) is 4.39 Å². The fraction of sp³-hybridized carbons (Fsp3) is 0.294. The molecule has 0 fully saturated rings. The van der Waals surface area contributed by atoms with Crippen LogP contribution in [0.4, 0.5) is 4.39 Å². The van der Waals surface area contributed by atoms with E-state index >= 15 is 0 Å². The van der Waals surface area contributed by atoms with Crippen molar-refractivity contribution >= 4 is 17.6 Å². The van der Waals surface area contributed by atoms with E-state index in [2.05, 4.69) is 20.6 Å². The zero-order chi connectivity index (χ0) is 17.2. The van der Waals surface area contributed by atoms with Gasteiger partial charge < -0.3 is 15.4 Å². The van der Waals surface area contributed by atoms with Gasteiger partial charge in [0.25, 0.3) is 0 Å². The van der Waals surface area contributed by atoms with Crippen LogP contribution >= 0.6 is 11.6 Å². The van der Waals surface area contributed by atoms with Gasteiger partial charge in [-0.3, -0.25) is 4.99 Å². The number of pyridine rings is 1. The summed E-state index contributed by atoms with van der Waals surface area (Å²) in [6, 6.07) is 9.79. The highest BCUT2D eigenvalue weighted by Crippen LogP contribution is 2.11. The molecule has 0 unspecified atom stereocenters. The molecule has 0 saturated carbocycles. The first kappa shape index (κ1) is 18.0. The highest BCUT2D eigenvalue weighted by Gasteiger charge is 2.00. The lowest BCUT2D eigenvalue weighted by Crippen LogP contribution is -2.40. The summed E-state index contributed by atoms with van der Waals surface area (Å²) >= 11 is 5.75. The van der Waals surface area contributed by atoms with Crippen LogP contribution in [0.1, 0.15) is 5.56 Å². The van der Waals surface area contributed by atoms with E-state index in [0.29, 0.717) is 36.6 Å². The average Bonchev–Trinajstić information content (AvgIpc) is 2.59. The highest BCUT2D eigenvalue weighted by molar-refractivity contribution is 6.29. The zero-order valence-electron chi connectivity index (χ0n) is 13.4. The maximum absolute atomic E-state index is 13.0. The predicted molar refractivity (Wildman–Crippen MR) is 94.2 cm³/mol. The molecule has 0 aliphatic heterocycles. The van der Waals surface area contributed by atoms with Crippen LogP contribution in [0.15, 0.2) is 47.6 Å². The summed E-state index contributed by atoms with van der Waals surface area (Å²) in [6.07, 6.45) is 2.57. The molecule has 0 aliphatic rings. The molecule has 1 aromatic carbocycles. The van der Waals surface area contributed by atoms with Crippen LogP contribution in [0.5, 0.6) is 5.75 Å². The molecule has 2 rings (SSSR count). The van der Waals surface area contributed by atoms with Crippen LogP contribution in [0.2, 0.25) is 5.15 Å². The Balaban J connectivity index is 1.64. The Kier molecular flexibility index (Phi) is 7.29. The molecule has 0 atom stereocenters. The number of hydrogen-bond donors (Lipinski definition) is 2. The maximum Gasteiger partial charge on any atom is 0.191 e. The molecular weight excluding hydrogens is 331 g/mol. The molecule has 0 saturated heterocycles. The summed E-state index contributed by atoms with van der Waals surface area (Å²) in [4.78, 5) is 8.18. The molecule has 24 heavy (non-hydrogen) atoms. The molecule has 0 spiro atoms. The van der Waals surface area contributed by atoms with E-state index in [1.54, 1.807) is 31.4 Å². The zero-order valence-corrected chi connectivity index (χ0v) is 14.2. The monoisotopic (exact) mass is 350 g/mol. The minimum absolute atomic E-state index is 0.311. The van der Waals surface area contributed by atoms with Crippen LogP contribution in [-0.2, 0) is 6.42 Å². The first-order valence-corrected chi connectivity index (χ1v) is 7.98. The van der Waals surface area contributed by atoms with Gasteiger partial charge in [0.15, 0.2) is 5.96 Å². The number of nitrogens with one attached hydrogen (secondary N) is 2. The third-order valence-corrected chi connectivity index (χ3v) is 3.40. The largest absolute Gasteiger partial charge is 0.492 e. The summed E-state index contributed by atoms with van der Waals surface area (Å²) in [7, 11) is 1.70. The number of rotatable bonds is 7. The summed E-state index contributed by atoms with van der Waals surface area (Å²) in [5, 5.41) is 6.82. The van der Waals surface area contributed by atoms with Crippen molar-refractivity contribution in [1.82, 2.24) is 15.6 Å². The lowest BCUT2D eigenvalue weighted by molar-refractivity contribution is 0.320. The van der Waals surface area contributed by atoms with Gasteiger partial charge >= 0.3 is 0 Å². The van der Waals surface area contributed by atoms with Crippen molar-refractivity contribution in [3.8, 4) is 5.75 Å². The molecule has 128 valence electrons. The SMILES string of the molecule is CN=C(NCCOc1cccc(F)c1)NCCc1ccc(Cl)nc1. The third-order valence-electron chi connectivity index (χ3n) is 3.18. The van der Waals surface area contributed by atoms with Crippen molar-refractivity contribution in [2.24, 2.45) is 4.99 Å². The van der Waals surface area contributed by atoms with Crippen molar-refractivity contribution in [2.45, 2.75) is 6.42 Å². The minimum atomic E-state index is -0.311. The van der Waals surface area contributed by atoms with E-state index in [0.717, 1.165) is 12.0 Å². The second kappa shape index (κ2) is 9.72. The number of hydrogen-bond acceptors (Lipinski definition) is 3. The van der Waals surface area contributed by atoms with Crippen LogP contribution in [0, 0.1) is 5.82 Å². The smallest absolute Gasteiger partial charge is 0.191 e. The van der Waals surface area contributed by atoms with E-state index < -0.39 is 0 Å². The van der Waals surface area contributed by atoms with Gasteiger partial charge in [-0.15, -0.1) is 0 Å². The molecule has 7 heteroatoms. The lowest BCUT2D eigenvalue weighted by atomic mass is 10.2. The summed E-state index contributed by atoms with van der Waals surface area (Å²) < 4.78 is 18.5. The number of guanidine groups is 1. The van der Waals surface area contributed by atoms with Gasteiger partial charge in [0.1, 0.15) is 23.3 Å². The Morgan fingerprint density at radius 1 is 1.25 bits per heavy atom. The molecule has 1 aromatic heterocycles. The molecular formula is C17H20ClFN4O. The third kappa shape index (κ3) is 6.42. The summed E-state index contributed by atoms with van der Waals surface area (Å²) in [5.41, 5.74) is 1.09. The Morgan fingerprint density at radius 2 is 2.08 bits per heavy atom. The molecule has 0 aliphatic carbocycles. The van der Waals surface area contributed by atoms with Crippen molar-refractivity contribution in [1.29, 1.82) is 0 Å². The number of nitrogens with zero attached hydrogens (tertiary/aromatic N) is 2. The van der Waals surface area contributed by atoms with Gasteiger partial charge in [0, 0.05) is 25.9 Å². The fourth-order valence-corrected chi connectivity index (χ4v) is 2.11. The number of aromatic nitrogens is 1. The quantitative estimate of drug-likeness (QED) is 0.349. The second-order valence-corrected chi connectivity index (χ2v) is 5.36. The van der Waals surface area contributed by atoms with Gasteiger partial charge in [0.05, 0.1) is 6.54 Å². The molecule has 1 heterocycles. The van der Waals surface area contributed by atoms with E-state index in [4.69, 9.17) is 16.3 Å². The van der Waals surface area contributed by atoms with Gasteiger partial charge in [-0.1, -0.05) is 23.7 Å². The second-order valence-electron chi connectivity index (χ2n) is 4.97. The van der Waals surface area contributed by atoms with E-state index in [1.165, 1.54) is 12.1 Å². The molecule has 2 N–H and O–H groups in total. The van der Waals surface area contributed by atoms with Gasteiger partial charge in [-0.25, -0.2) is 9.37 Å². The maximum atomic E-state index is 13.0. The number of ether oxygens (including phenoxy) is 1. The van der Waals surface area contributed by atoms with Gasteiger partial charge in [0.2, 0.25) is 0 Å². The van der Waals surface area contributed by atoms with Crippen LogP contribution in [-0.4, -0.2) is 37.7 Å². The van der Waals surface area contributed by atoms with Crippen molar-refractivity contribution < 1.29 is 9.13 Å². The molecule has 5 nitrogen and oxygen atoms in total. The van der Waals surface area contributed by atoms with Crippen LogP contribution in [0.25, 0.3) is 0 Å². The van der Waals surface area contributed by atoms with Crippen molar-refractivity contribution in [2.75, 3.05) is 26.7 Å². The van der Waals surface area contributed by atoms with Crippen molar-refractivity contribution in [3.63, 3.8) is 0 Å². The normalized spacial score (nSPS) is 11.2. The summed E-state index contributed by atoms with van der Waals surface area (Å²) in [6.45, 7) is 1.68. The summed E-state index contributed by atoms with van der Waals surface area (Å²) in [5.74, 6) is 0.879. The topological polar surface area (TPSA) is 58.5 Å². The lowest BCUT2D eigenvalue weighted by Gasteiger charge is -2.12. The number of aliphatic imine (C=N–C) groups is 1. The Bertz CT molecular complexity index is 664. The fourth-order valence-electron chi connectivity index (χ4n) is 2.00. The Morgan fingerprint density at radius 3 is 2.79 bits per heavy atom. The van der Waals surface area contributed by atoms with Crippen molar-refractivity contribution in [3.05, 3.63) is 59.1 Å². The van der Waals surface area contributed by atoms with Gasteiger partial charge in [-0.2, -0.15) is 0 Å². The van der Waals surface area contributed by atoms with Crippen LogP contribution in [0.3, 0.4) is 0 Å². The molecule has 0 bridgehead atoms. The minimum Gasteiger partial charge on any atom is -0.492 e. The molecule has 0 amide bonds. The standard InChI is InChI=1S/C17H20ClFN4O/c1-20-17(21-8-7-13-5-6-16(18)23-12-13)22-9-10-24-15-4-2-3-14(19)11-15/h2-6,11-12H,7-10H2,1H3,(H2,20,21,22). The Labute approximate surface area is 145 Å². The van der Waals surface area contributed by atoms with E-state index in [1.807, 2.05) is 6.07 Å². The highest BCUT2D eigenvalue weighted by atomic mass is 35.5.